The molecule has 0 bridgehead atoms. The molecule has 1 heterocycles. The van der Waals surface area contributed by atoms with E-state index in [9.17, 15) is 0 Å². The third kappa shape index (κ3) is 2.86. The summed E-state index contributed by atoms with van der Waals surface area (Å²) in [5, 5.41) is 3.49. The van der Waals surface area contributed by atoms with E-state index in [1.807, 2.05) is 13.0 Å². The van der Waals surface area contributed by atoms with Gasteiger partial charge >= 0.3 is 0 Å². The van der Waals surface area contributed by atoms with E-state index in [0.29, 0.717) is 6.04 Å². The Labute approximate surface area is 97.4 Å². The normalized spacial score (nSPS) is 19.7. The molecule has 1 aliphatic heterocycles. The zero-order valence-corrected chi connectivity index (χ0v) is 9.85. The summed E-state index contributed by atoms with van der Waals surface area (Å²) in [4.78, 5) is 0. The van der Waals surface area contributed by atoms with Crippen LogP contribution in [0.25, 0.3) is 0 Å². The standard InChI is InChI=1S/C12H17NO.ClH/c1-2-14-12-8-4-3-6-10(12)11-7-5-9-13-11;/h3-4,6,8,11,13H,2,5,7,9H2,1H3;1H/t11-;/m1./s1. The number of hydrogen-bond donors (Lipinski definition) is 1. The molecule has 15 heavy (non-hydrogen) atoms. The molecule has 0 aliphatic carbocycles. The summed E-state index contributed by atoms with van der Waals surface area (Å²) in [5.41, 5.74) is 1.31. The first-order valence-electron chi connectivity index (χ1n) is 5.37. The molecule has 0 saturated carbocycles. The average Bonchev–Trinajstić information content (AvgIpc) is 2.72. The van der Waals surface area contributed by atoms with Crippen molar-refractivity contribution in [1.29, 1.82) is 0 Å². The van der Waals surface area contributed by atoms with Crippen molar-refractivity contribution in [3.8, 4) is 5.75 Å². The van der Waals surface area contributed by atoms with Crippen molar-refractivity contribution in [2.24, 2.45) is 0 Å². The molecule has 2 nitrogen and oxygen atoms in total. The molecule has 84 valence electrons. The molecule has 1 aromatic rings. The summed E-state index contributed by atoms with van der Waals surface area (Å²) in [6, 6.07) is 8.83. The van der Waals surface area contributed by atoms with Gasteiger partial charge in [-0.3, -0.25) is 0 Å². The lowest BCUT2D eigenvalue weighted by Gasteiger charge is -2.15. The lowest BCUT2D eigenvalue weighted by molar-refractivity contribution is 0.333. The van der Waals surface area contributed by atoms with Crippen molar-refractivity contribution < 1.29 is 4.74 Å². The predicted molar refractivity (Wildman–Crippen MR) is 64.8 cm³/mol. The van der Waals surface area contributed by atoms with E-state index >= 15 is 0 Å². The van der Waals surface area contributed by atoms with Gasteiger partial charge in [0.25, 0.3) is 0 Å². The highest BCUT2D eigenvalue weighted by molar-refractivity contribution is 5.85. The molecule has 0 radical (unpaired) electrons. The predicted octanol–water partition coefficient (Wildman–Crippen LogP) is 2.93. The molecule has 0 amide bonds. The molecule has 1 atom stereocenters. The lowest BCUT2D eigenvalue weighted by atomic mass is 10.0. The van der Waals surface area contributed by atoms with E-state index in [2.05, 4.69) is 23.5 Å². The molecule has 1 saturated heterocycles. The van der Waals surface area contributed by atoms with Crippen molar-refractivity contribution in [1.82, 2.24) is 5.32 Å². The first kappa shape index (κ1) is 12.3. The van der Waals surface area contributed by atoms with Gasteiger partial charge in [0.1, 0.15) is 5.75 Å². The minimum Gasteiger partial charge on any atom is -0.494 e. The number of para-hydroxylation sites is 1. The highest BCUT2D eigenvalue weighted by Crippen LogP contribution is 2.30. The Morgan fingerprint density at radius 2 is 2.20 bits per heavy atom. The summed E-state index contributed by atoms with van der Waals surface area (Å²) >= 11 is 0. The maximum Gasteiger partial charge on any atom is 0.124 e. The van der Waals surface area contributed by atoms with Gasteiger partial charge in [0, 0.05) is 11.6 Å². The van der Waals surface area contributed by atoms with Crippen LogP contribution < -0.4 is 10.1 Å². The Balaban J connectivity index is 0.00000112. The topological polar surface area (TPSA) is 21.3 Å². The first-order valence-corrected chi connectivity index (χ1v) is 5.37. The second-order valence-electron chi connectivity index (χ2n) is 3.62. The van der Waals surface area contributed by atoms with Gasteiger partial charge in [-0.2, -0.15) is 0 Å². The summed E-state index contributed by atoms with van der Waals surface area (Å²) in [6.07, 6.45) is 2.50. The van der Waals surface area contributed by atoms with Gasteiger partial charge in [0.15, 0.2) is 0 Å². The van der Waals surface area contributed by atoms with Crippen LogP contribution in [0.4, 0.5) is 0 Å². The van der Waals surface area contributed by atoms with Crippen LogP contribution in [0.2, 0.25) is 0 Å². The SMILES string of the molecule is CCOc1ccccc1[C@H]1CCCN1.Cl. The molecule has 0 unspecified atom stereocenters. The molecular formula is C12H18ClNO. The van der Waals surface area contributed by atoms with Gasteiger partial charge in [0.2, 0.25) is 0 Å². The number of halogens is 1. The van der Waals surface area contributed by atoms with Crippen LogP contribution in [0, 0.1) is 0 Å². The Morgan fingerprint density at radius 3 is 2.87 bits per heavy atom. The molecular weight excluding hydrogens is 210 g/mol. The highest BCUT2D eigenvalue weighted by atomic mass is 35.5. The van der Waals surface area contributed by atoms with Gasteiger partial charge in [-0.1, -0.05) is 18.2 Å². The number of rotatable bonds is 3. The third-order valence-corrected chi connectivity index (χ3v) is 2.65. The van der Waals surface area contributed by atoms with Crippen molar-refractivity contribution >= 4 is 12.4 Å². The Hall–Kier alpha value is -0.730. The third-order valence-electron chi connectivity index (χ3n) is 2.65. The van der Waals surface area contributed by atoms with Crippen molar-refractivity contribution in [2.45, 2.75) is 25.8 Å². The van der Waals surface area contributed by atoms with Crippen LogP contribution in [-0.2, 0) is 0 Å². The van der Waals surface area contributed by atoms with Crippen molar-refractivity contribution in [3.63, 3.8) is 0 Å². The number of benzene rings is 1. The van der Waals surface area contributed by atoms with Crippen LogP contribution >= 0.6 is 12.4 Å². The van der Waals surface area contributed by atoms with E-state index in [-0.39, 0.29) is 12.4 Å². The van der Waals surface area contributed by atoms with E-state index in [4.69, 9.17) is 4.74 Å². The maximum absolute atomic E-state index is 5.61. The molecule has 1 aliphatic rings. The average molecular weight is 228 g/mol. The fraction of sp³-hybridized carbons (Fsp3) is 0.500. The van der Waals surface area contributed by atoms with Gasteiger partial charge in [-0.25, -0.2) is 0 Å². The van der Waals surface area contributed by atoms with Crippen molar-refractivity contribution in [2.75, 3.05) is 13.2 Å². The van der Waals surface area contributed by atoms with Crippen LogP contribution in [0.15, 0.2) is 24.3 Å². The molecule has 1 fully saturated rings. The molecule has 0 spiro atoms. The maximum atomic E-state index is 5.61. The monoisotopic (exact) mass is 227 g/mol. The lowest BCUT2D eigenvalue weighted by Crippen LogP contribution is -2.14. The van der Waals surface area contributed by atoms with E-state index in [1.165, 1.54) is 18.4 Å². The summed E-state index contributed by atoms with van der Waals surface area (Å²) < 4.78 is 5.61. The fourth-order valence-corrected chi connectivity index (χ4v) is 2.01. The number of nitrogens with one attached hydrogen (secondary N) is 1. The van der Waals surface area contributed by atoms with Crippen molar-refractivity contribution in [3.05, 3.63) is 29.8 Å². The zero-order valence-electron chi connectivity index (χ0n) is 9.03. The molecule has 1 N–H and O–H groups in total. The highest BCUT2D eigenvalue weighted by Gasteiger charge is 2.19. The Morgan fingerprint density at radius 1 is 1.40 bits per heavy atom. The summed E-state index contributed by atoms with van der Waals surface area (Å²) in [7, 11) is 0. The minimum absolute atomic E-state index is 0. The smallest absolute Gasteiger partial charge is 0.124 e. The van der Waals surface area contributed by atoms with Gasteiger partial charge in [-0.05, 0) is 32.4 Å². The Kier molecular flexibility index (Phi) is 4.92. The second-order valence-corrected chi connectivity index (χ2v) is 3.62. The summed E-state index contributed by atoms with van der Waals surface area (Å²) in [6.45, 7) is 3.90. The van der Waals surface area contributed by atoms with Crippen LogP contribution in [0.3, 0.4) is 0 Å². The molecule has 2 rings (SSSR count). The summed E-state index contributed by atoms with van der Waals surface area (Å²) in [5.74, 6) is 1.04. The van der Waals surface area contributed by atoms with E-state index in [0.717, 1.165) is 18.9 Å². The molecule has 1 aromatic carbocycles. The van der Waals surface area contributed by atoms with Gasteiger partial charge in [0.05, 0.1) is 6.61 Å². The van der Waals surface area contributed by atoms with Crippen LogP contribution in [0.5, 0.6) is 5.75 Å². The minimum atomic E-state index is 0. The molecule has 0 aromatic heterocycles. The van der Waals surface area contributed by atoms with Gasteiger partial charge in [-0.15, -0.1) is 12.4 Å². The molecule has 3 heteroatoms. The van der Waals surface area contributed by atoms with Crippen LogP contribution in [0.1, 0.15) is 31.4 Å². The number of ether oxygens (including phenoxy) is 1. The number of hydrogen-bond acceptors (Lipinski definition) is 2. The van der Waals surface area contributed by atoms with E-state index in [1.54, 1.807) is 0 Å². The van der Waals surface area contributed by atoms with E-state index < -0.39 is 0 Å². The fourth-order valence-electron chi connectivity index (χ4n) is 2.01. The Bertz CT molecular complexity index is 297. The zero-order chi connectivity index (χ0) is 9.80. The largest absolute Gasteiger partial charge is 0.494 e. The van der Waals surface area contributed by atoms with Crippen LogP contribution in [-0.4, -0.2) is 13.2 Å². The first-order chi connectivity index (χ1) is 6.92. The second kappa shape index (κ2) is 5.99. The van der Waals surface area contributed by atoms with Gasteiger partial charge < -0.3 is 10.1 Å². The quantitative estimate of drug-likeness (QED) is 0.858.